The van der Waals surface area contributed by atoms with E-state index < -0.39 is 0 Å². The smallest absolute Gasteiger partial charge is 0.237 e. The van der Waals surface area contributed by atoms with Gasteiger partial charge in [-0.05, 0) is 12.0 Å². The van der Waals surface area contributed by atoms with Crippen molar-refractivity contribution in [3.8, 4) is 5.88 Å². The summed E-state index contributed by atoms with van der Waals surface area (Å²) in [4.78, 5) is 2.47. The van der Waals surface area contributed by atoms with Gasteiger partial charge in [0.25, 0.3) is 0 Å². The van der Waals surface area contributed by atoms with Crippen LogP contribution in [0.3, 0.4) is 0 Å². The van der Waals surface area contributed by atoms with Crippen LogP contribution in [0.15, 0.2) is 36.5 Å². The van der Waals surface area contributed by atoms with E-state index in [0.29, 0.717) is 11.9 Å². The van der Waals surface area contributed by atoms with Crippen LogP contribution in [0.4, 0.5) is 0 Å². The van der Waals surface area contributed by atoms with Crippen molar-refractivity contribution in [2.24, 2.45) is 7.05 Å². The molecule has 0 amide bonds. The fraction of sp³-hybridized carbons (Fsp3) is 0.471. The van der Waals surface area contributed by atoms with Crippen molar-refractivity contribution in [1.29, 1.82) is 0 Å². The quantitative estimate of drug-likeness (QED) is 0.845. The Morgan fingerprint density at radius 3 is 2.91 bits per heavy atom. The van der Waals surface area contributed by atoms with E-state index in [0.717, 1.165) is 38.3 Å². The molecule has 2 heterocycles. The van der Waals surface area contributed by atoms with Gasteiger partial charge < -0.3 is 9.47 Å². The zero-order valence-corrected chi connectivity index (χ0v) is 13.2. The molecule has 0 N–H and O–H groups in total. The van der Waals surface area contributed by atoms with E-state index in [2.05, 4.69) is 40.3 Å². The molecule has 1 aliphatic rings. The molecule has 22 heavy (non-hydrogen) atoms. The van der Waals surface area contributed by atoms with Crippen molar-refractivity contribution in [3.63, 3.8) is 0 Å². The zero-order valence-electron chi connectivity index (χ0n) is 13.2. The van der Waals surface area contributed by atoms with Crippen LogP contribution in [0.5, 0.6) is 5.88 Å². The number of benzene rings is 1. The maximum atomic E-state index is 5.69. The van der Waals surface area contributed by atoms with Gasteiger partial charge >= 0.3 is 0 Å². The summed E-state index contributed by atoms with van der Waals surface area (Å²) in [5, 5.41) is 4.34. The van der Waals surface area contributed by atoms with Gasteiger partial charge in [0, 0.05) is 37.9 Å². The average Bonchev–Trinajstić information content (AvgIpc) is 2.90. The van der Waals surface area contributed by atoms with Crippen LogP contribution in [0.25, 0.3) is 0 Å². The van der Waals surface area contributed by atoms with E-state index in [1.165, 1.54) is 5.56 Å². The van der Waals surface area contributed by atoms with E-state index in [9.17, 15) is 0 Å². The summed E-state index contributed by atoms with van der Waals surface area (Å²) in [5.74, 6) is 0.715. The second-order valence-corrected chi connectivity index (χ2v) is 5.73. The van der Waals surface area contributed by atoms with Crippen molar-refractivity contribution in [2.45, 2.75) is 19.0 Å². The molecular formula is C17H23N3O2. The molecule has 2 aromatic rings. The molecule has 1 aliphatic heterocycles. The molecule has 1 aromatic carbocycles. The first kappa shape index (κ1) is 15.1. The molecule has 5 heteroatoms. The largest absolute Gasteiger partial charge is 0.480 e. The first-order valence-electron chi connectivity index (χ1n) is 7.68. The highest BCUT2D eigenvalue weighted by atomic mass is 16.5. The Morgan fingerprint density at radius 1 is 1.32 bits per heavy atom. The lowest BCUT2D eigenvalue weighted by Gasteiger charge is -2.35. The van der Waals surface area contributed by atoms with Gasteiger partial charge in [0.05, 0.1) is 20.3 Å². The minimum absolute atomic E-state index is 0.390. The Kier molecular flexibility index (Phi) is 4.75. The predicted octanol–water partition coefficient (Wildman–Crippen LogP) is 1.87. The summed E-state index contributed by atoms with van der Waals surface area (Å²) in [6, 6.07) is 11.0. The molecule has 0 aliphatic carbocycles. The van der Waals surface area contributed by atoms with E-state index in [-0.39, 0.29) is 0 Å². The van der Waals surface area contributed by atoms with Gasteiger partial charge in [-0.15, -0.1) is 5.10 Å². The molecule has 0 spiro atoms. The maximum Gasteiger partial charge on any atom is 0.237 e. The highest BCUT2D eigenvalue weighted by molar-refractivity contribution is 5.23. The van der Waals surface area contributed by atoms with Crippen LogP contribution in [-0.4, -0.2) is 47.6 Å². The summed E-state index contributed by atoms with van der Waals surface area (Å²) in [6.45, 7) is 3.35. The van der Waals surface area contributed by atoms with Gasteiger partial charge in [0.15, 0.2) is 0 Å². The van der Waals surface area contributed by atoms with Crippen LogP contribution in [0, 0.1) is 0 Å². The molecule has 0 radical (unpaired) electrons. The van der Waals surface area contributed by atoms with E-state index in [1.807, 2.05) is 13.2 Å². The van der Waals surface area contributed by atoms with Gasteiger partial charge in [-0.2, -0.15) is 0 Å². The van der Waals surface area contributed by atoms with E-state index in [1.54, 1.807) is 11.8 Å². The van der Waals surface area contributed by atoms with Crippen LogP contribution in [0.2, 0.25) is 0 Å². The molecule has 1 aromatic heterocycles. The van der Waals surface area contributed by atoms with Gasteiger partial charge in [-0.3, -0.25) is 9.58 Å². The van der Waals surface area contributed by atoms with Gasteiger partial charge in [0.1, 0.15) is 0 Å². The number of nitrogens with zero attached hydrogens (tertiary/aromatic N) is 3. The second kappa shape index (κ2) is 6.94. The summed E-state index contributed by atoms with van der Waals surface area (Å²) in [6.07, 6.45) is 3.04. The second-order valence-electron chi connectivity index (χ2n) is 5.73. The molecule has 0 saturated carbocycles. The number of methoxy groups -OCH3 is 1. The fourth-order valence-electron chi connectivity index (χ4n) is 2.99. The molecule has 0 bridgehead atoms. The molecule has 5 nitrogen and oxygen atoms in total. The first-order chi connectivity index (χ1) is 10.8. The van der Waals surface area contributed by atoms with Gasteiger partial charge in [-0.25, -0.2) is 0 Å². The van der Waals surface area contributed by atoms with Crippen molar-refractivity contribution in [1.82, 2.24) is 14.7 Å². The highest BCUT2D eigenvalue weighted by Crippen LogP contribution is 2.21. The van der Waals surface area contributed by atoms with Crippen molar-refractivity contribution < 1.29 is 9.47 Å². The number of hydrogen-bond acceptors (Lipinski definition) is 4. The normalized spacial score (nSPS) is 19.3. The lowest BCUT2D eigenvalue weighted by molar-refractivity contribution is -0.0115. The number of ether oxygens (including phenoxy) is 2. The highest BCUT2D eigenvalue weighted by Gasteiger charge is 2.25. The lowest BCUT2D eigenvalue weighted by Crippen LogP contribution is -2.46. The average molecular weight is 301 g/mol. The Balaban J connectivity index is 1.72. The molecule has 1 atom stereocenters. The Morgan fingerprint density at radius 2 is 2.14 bits per heavy atom. The third kappa shape index (κ3) is 3.48. The number of morpholine rings is 1. The Hall–Kier alpha value is -1.85. The number of hydrogen-bond donors (Lipinski definition) is 0. The molecule has 3 rings (SSSR count). The first-order valence-corrected chi connectivity index (χ1v) is 7.68. The van der Waals surface area contributed by atoms with E-state index in [4.69, 9.17) is 9.47 Å². The Bertz CT molecular complexity index is 597. The molecule has 118 valence electrons. The summed E-state index contributed by atoms with van der Waals surface area (Å²) in [7, 11) is 3.60. The minimum Gasteiger partial charge on any atom is -0.480 e. The summed E-state index contributed by atoms with van der Waals surface area (Å²) < 4.78 is 12.9. The molecular weight excluding hydrogens is 278 g/mol. The SMILES string of the molecule is COc1nn(C)cc1CN1CCOC[C@@H]1Cc1ccccc1. The number of aromatic nitrogens is 2. The van der Waals surface area contributed by atoms with Crippen LogP contribution < -0.4 is 4.74 Å². The van der Waals surface area contributed by atoms with Gasteiger partial charge in [-0.1, -0.05) is 30.3 Å². The van der Waals surface area contributed by atoms with Crippen molar-refractivity contribution >= 4 is 0 Å². The van der Waals surface area contributed by atoms with Gasteiger partial charge in [0.2, 0.25) is 5.88 Å². The van der Waals surface area contributed by atoms with Crippen LogP contribution in [0.1, 0.15) is 11.1 Å². The Labute approximate surface area is 131 Å². The third-order valence-electron chi connectivity index (χ3n) is 4.10. The number of rotatable bonds is 5. The van der Waals surface area contributed by atoms with Crippen molar-refractivity contribution in [2.75, 3.05) is 26.9 Å². The third-order valence-corrected chi connectivity index (χ3v) is 4.10. The summed E-state index contributed by atoms with van der Waals surface area (Å²) in [5.41, 5.74) is 2.48. The maximum absolute atomic E-state index is 5.69. The van der Waals surface area contributed by atoms with Crippen LogP contribution >= 0.6 is 0 Å². The lowest BCUT2D eigenvalue weighted by atomic mass is 10.0. The molecule has 1 fully saturated rings. The monoisotopic (exact) mass is 301 g/mol. The van der Waals surface area contributed by atoms with Crippen LogP contribution in [-0.2, 0) is 24.8 Å². The predicted molar refractivity (Wildman–Crippen MR) is 84.9 cm³/mol. The van der Waals surface area contributed by atoms with Crippen molar-refractivity contribution in [3.05, 3.63) is 47.7 Å². The van der Waals surface area contributed by atoms with E-state index >= 15 is 0 Å². The standard InChI is InChI=1S/C17H23N3O2/c1-19-11-15(17(18-19)21-2)12-20-8-9-22-13-16(20)10-14-6-4-3-5-7-14/h3-7,11,16H,8-10,12-13H2,1-2H3/t16-/m0/s1. The molecule has 1 saturated heterocycles. The molecule has 0 unspecified atom stereocenters. The zero-order chi connectivity index (χ0) is 15.4. The fourth-order valence-corrected chi connectivity index (χ4v) is 2.99. The number of aryl methyl sites for hydroxylation is 1. The summed E-state index contributed by atoms with van der Waals surface area (Å²) >= 11 is 0. The topological polar surface area (TPSA) is 39.5 Å². The minimum atomic E-state index is 0.390.